The van der Waals surface area contributed by atoms with Crippen molar-refractivity contribution < 1.29 is 21.1 Å². The van der Waals surface area contributed by atoms with Crippen molar-refractivity contribution in [3.63, 3.8) is 0 Å². The van der Waals surface area contributed by atoms with E-state index in [9.17, 15) is 0 Å². The number of nitrogens with two attached hydrogens (primary N) is 2. The molecular weight excluding hydrogens is 461 g/mol. The average molecular weight is 475 g/mol. The molecule has 0 aliphatic heterocycles. The number of hydrogen-bond donors (Lipinski definition) is 2. The Hall–Kier alpha value is 1.77. The monoisotopic (exact) mass is 473 g/mol. The van der Waals surface area contributed by atoms with Crippen LogP contribution < -0.4 is 11.5 Å². The number of halogens is 4. The van der Waals surface area contributed by atoms with Gasteiger partial charge in [0.2, 0.25) is 0 Å². The maximum absolute atomic E-state index is 6.23. The van der Waals surface area contributed by atoms with Gasteiger partial charge in [-0.2, -0.15) is 0 Å². The molecule has 4 N–H and O–H groups in total. The van der Waals surface area contributed by atoms with Crippen LogP contribution in [0.4, 0.5) is 0 Å². The first-order valence-electron chi connectivity index (χ1n) is 4.49. The van der Waals surface area contributed by atoms with Crippen LogP contribution in [0.3, 0.4) is 0 Å². The summed E-state index contributed by atoms with van der Waals surface area (Å²) in [7, 11) is 0. The molecule has 0 aromatic carbocycles. The predicted molar refractivity (Wildman–Crippen MR) is 63.3 cm³/mol. The van der Waals surface area contributed by atoms with Crippen LogP contribution in [0, 0.1) is 5.41 Å². The maximum Gasteiger partial charge on any atom is 0.158 e. The van der Waals surface area contributed by atoms with Crippen LogP contribution in [0.15, 0.2) is 0 Å². The minimum atomic E-state index is -1.29. The number of alkyl halides is 4. The van der Waals surface area contributed by atoms with Gasteiger partial charge >= 0.3 is 0 Å². The molecule has 1 fully saturated rings. The molecule has 0 bridgehead atoms. The van der Waals surface area contributed by atoms with Gasteiger partial charge in [0, 0.05) is 39.6 Å². The van der Waals surface area contributed by atoms with Gasteiger partial charge in [-0.05, 0) is 19.3 Å². The molecule has 2 nitrogen and oxygen atoms in total. The third-order valence-electron chi connectivity index (χ3n) is 3.05. The zero-order valence-electron chi connectivity index (χ0n) is 8.02. The minimum absolute atomic E-state index is 0. The number of rotatable bonds is 2. The summed E-state index contributed by atoms with van der Waals surface area (Å²) in [5.41, 5.74) is 10.8. The van der Waals surface area contributed by atoms with Crippen LogP contribution in [-0.4, -0.2) is 21.8 Å². The van der Waals surface area contributed by atoms with Crippen LogP contribution in [0.25, 0.3) is 0 Å². The van der Waals surface area contributed by atoms with E-state index < -0.39 is 14.1 Å². The molecule has 0 radical (unpaired) electrons. The fourth-order valence-electron chi connectivity index (χ4n) is 1.89. The van der Waals surface area contributed by atoms with Crippen molar-refractivity contribution in [3.8, 4) is 0 Å². The fraction of sp³-hybridized carbons (Fsp3) is 1.00. The van der Waals surface area contributed by atoms with Crippen LogP contribution in [0.1, 0.15) is 19.3 Å². The summed E-state index contributed by atoms with van der Waals surface area (Å²) in [6.07, 6.45) is 2.15. The Labute approximate surface area is 125 Å². The van der Waals surface area contributed by atoms with Crippen molar-refractivity contribution in [3.05, 3.63) is 0 Å². The third kappa shape index (κ3) is 2.62. The van der Waals surface area contributed by atoms with E-state index in [0.29, 0.717) is 6.42 Å². The molecule has 0 aromatic rings. The molecule has 0 spiro atoms. The zero-order valence-corrected chi connectivity index (χ0v) is 13.3. The quantitative estimate of drug-likeness (QED) is 0.604. The van der Waals surface area contributed by atoms with Crippen molar-refractivity contribution >= 4 is 46.4 Å². The predicted octanol–water partition coefficient (Wildman–Crippen LogP) is 2.42. The Morgan fingerprint density at radius 2 is 1.40 bits per heavy atom. The van der Waals surface area contributed by atoms with Gasteiger partial charge in [-0.1, -0.05) is 46.4 Å². The molecule has 0 atom stereocenters. The SMILES string of the molecule is NCC1(CN)CCCC(Cl)(Cl)C1(Cl)Cl.[Pt]. The van der Waals surface area contributed by atoms with E-state index in [2.05, 4.69) is 0 Å². The molecular formula is C8H14Cl4N2Pt. The van der Waals surface area contributed by atoms with Gasteiger partial charge in [0.15, 0.2) is 8.67 Å². The van der Waals surface area contributed by atoms with Crippen molar-refractivity contribution in [1.29, 1.82) is 0 Å². The van der Waals surface area contributed by atoms with Crippen LogP contribution in [0.2, 0.25) is 0 Å². The molecule has 1 aliphatic rings. The largest absolute Gasteiger partial charge is 0.330 e. The summed E-state index contributed by atoms with van der Waals surface area (Å²) in [5.74, 6) is 0. The Balaban J connectivity index is 0.00000196. The molecule has 0 heterocycles. The topological polar surface area (TPSA) is 52.0 Å². The summed E-state index contributed by atoms with van der Waals surface area (Å²) >= 11 is 24.6. The summed E-state index contributed by atoms with van der Waals surface area (Å²) < 4.78 is -2.46. The second-order valence-corrected chi connectivity index (χ2v) is 6.63. The van der Waals surface area contributed by atoms with Crippen LogP contribution >= 0.6 is 46.4 Å². The van der Waals surface area contributed by atoms with Crippen molar-refractivity contribution in [2.75, 3.05) is 13.1 Å². The first-order chi connectivity index (χ1) is 6.33. The molecule has 0 amide bonds. The van der Waals surface area contributed by atoms with E-state index >= 15 is 0 Å². The van der Waals surface area contributed by atoms with Gasteiger partial charge in [0.1, 0.15) is 0 Å². The Bertz CT molecular complexity index is 219. The van der Waals surface area contributed by atoms with Crippen LogP contribution in [0.5, 0.6) is 0 Å². The van der Waals surface area contributed by atoms with Crippen molar-refractivity contribution in [2.24, 2.45) is 16.9 Å². The second kappa shape index (κ2) is 5.61. The molecule has 0 unspecified atom stereocenters. The van der Waals surface area contributed by atoms with Gasteiger partial charge in [0.05, 0.1) is 0 Å². The molecule has 1 saturated carbocycles. The smallest absolute Gasteiger partial charge is 0.158 e. The first kappa shape index (κ1) is 16.8. The van der Waals surface area contributed by atoms with Gasteiger partial charge in [-0.15, -0.1) is 0 Å². The zero-order chi connectivity index (χ0) is 11.0. The molecule has 1 rings (SSSR count). The molecule has 7 heteroatoms. The normalized spacial score (nSPS) is 26.8. The summed E-state index contributed by atoms with van der Waals surface area (Å²) in [6, 6.07) is 0. The number of hydrogen-bond acceptors (Lipinski definition) is 2. The van der Waals surface area contributed by atoms with Crippen LogP contribution in [-0.2, 0) is 21.1 Å². The Kier molecular flexibility index (Phi) is 6.27. The summed E-state index contributed by atoms with van der Waals surface area (Å²) in [5, 5.41) is 0. The molecule has 0 saturated heterocycles. The van der Waals surface area contributed by atoms with Gasteiger partial charge in [0.25, 0.3) is 0 Å². The van der Waals surface area contributed by atoms with E-state index in [1.165, 1.54) is 0 Å². The second-order valence-electron chi connectivity index (χ2n) is 3.82. The van der Waals surface area contributed by atoms with E-state index in [4.69, 9.17) is 57.9 Å². The minimum Gasteiger partial charge on any atom is -0.330 e. The van der Waals surface area contributed by atoms with Gasteiger partial charge < -0.3 is 11.5 Å². The Morgan fingerprint density at radius 1 is 0.933 bits per heavy atom. The molecule has 15 heavy (non-hydrogen) atoms. The molecule has 1 aliphatic carbocycles. The fourth-order valence-corrected chi connectivity index (χ4v) is 3.25. The maximum atomic E-state index is 6.23. The Morgan fingerprint density at radius 3 is 1.73 bits per heavy atom. The van der Waals surface area contributed by atoms with E-state index in [0.717, 1.165) is 12.8 Å². The van der Waals surface area contributed by atoms with Crippen molar-refractivity contribution in [1.82, 2.24) is 0 Å². The third-order valence-corrected chi connectivity index (χ3v) is 5.83. The van der Waals surface area contributed by atoms with Gasteiger partial charge in [-0.25, -0.2) is 0 Å². The van der Waals surface area contributed by atoms with E-state index in [-0.39, 0.29) is 34.2 Å². The van der Waals surface area contributed by atoms with Gasteiger partial charge in [-0.3, -0.25) is 0 Å². The average Bonchev–Trinajstić information content (AvgIpc) is 2.10. The van der Waals surface area contributed by atoms with Crippen molar-refractivity contribution in [2.45, 2.75) is 27.9 Å². The standard InChI is InChI=1S/C8H14Cl4N2.Pt/c9-7(10)3-1-2-6(4-13,5-14)8(7,11)12;/h1-5,13-14H2;. The summed E-state index contributed by atoms with van der Waals surface area (Å²) in [4.78, 5) is 0. The molecule has 0 aromatic heterocycles. The van der Waals surface area contributed by atoms with E-state index in [1.54, 1.807) is 0 Å². The van der Waals surface area contributed by atoms with E-state index in [1.807, 2.05) is 0 Å². The first-order valence-corrected chi connectivity index (χ1v) is 6.00. The summed E-state index contributed by atoms with van der Waals surface area (Å²) in [6.45, 7) is 0.579. The molecule has 94 valence electrons.